The summed E-state index contributed by atoms with van der Waals surface area (Å²) < 4.78 is 1.69. The largest absolute Gasteiger partial charge is 0.343 e. The second-order valence-electron chi connectivity index (χ2n) is 3.94. The molecule has 1 N–H and O–H groups in total. The zero-order valence-electron chi connectivity index (χ0n) is 8.53. The zero-order valence-corrected chi connectivity index (χ0v) is 9.29. The van der Waals surface area contributed by atoms with Crippen LogP contribution < -0.4 is 5.69 Å². The molecule has 16 heavy (non-hydrogen) atoms. The molecule has 1 aromatic heterocycles. The third-order valence-corrected chi connectivity index (χ3v) is 3.19. The maximum atomic E-state index is 11.5. The molecule has 2 aromatic rings. The highest BCUT2D eigenvalue weighted by molar-refractivity contribution is 6.30. The molecule has 4 nitrogen and oxygen atoms in total. The summed E-state index contributed by atoms with van der Waals surface area (Å²) in [7, 11) is 0. The second-order valence-corrected chi connectivity index (χ2v) is 4.37. The zero-order chi connectivity index (χ0) is 11.1. The Bertz CT molecular complexity index is 600. The number of nitrogens with one attached hydrogen (secondary N) is 1. The summed E-state index contributed by atoms with van der Waals surface area (Å²) in [6.45, 7) is 0.680. The quantitative estimate of drug-likeness (QED) is 0.750. The molecule has 0 radical (unpaired) electrons. The van der Waals surface area contributed by atoms with Crippen LogP contribution in [0.4, 0.5) is 0 Å². The summed E-state index contributed by atoms with van der Waals surface area (Å²) in [5, 5.41) is 7.23. The lowest BCUT2D eigenvalue weighted by Gasteiger charge is -2.04. The van der Waals surface area contributed by atoms with Gasteiger partial charge in [0.15, 0.2) is 0 Å². The van der Waals surface area contributed by atoms with E-state index in [1.165, 1.54) is 5.56 Å². The van der Waals surface area contributed by atoms with E-state index < -0.39 is 0 Å². The predicted octanol–water partition coefficient (Wildman–Crippen LogP) is 1.37. The number of nitrogens with zero attached hydrogens (tertiary/aromatic N) is 2. The highest BCUT2D eigenvalue weighted by Crippen LogP contribution is 2.21. The van der Waals surface area contributed by atoms with E-state index in [2.05, 4.69) is 10.2 Å². The van der Waals surface area contributed by atoms with Gasteiger partial charge in [-0.2, -0.15) is 5.10 Å². The lowest BCUT2D eigenvalue weighted by molar-refractivity contribution is 0.659. The van der Waals surface area contributed by atoms with E-state index in [1.54, 1.807) is 4.57 Å². The van der Waals surface area contributed by atoms with Crippen molar-refractivity contribution in [3.05, 3.63) is 50.7 Å². The summed E-state index contributed by atoms with van der Waals surface area (Å²) in [5.41, 5.74) is 2.27. The first-order chi connectivity index (χ1) is 7.74. The van der Waals surface area contributed by atoms with Crippen LogP contribution in [0.1, 0.15) is 17.0 Å². The van der Waals surface area contributed by atoms with Gasteiger partial charge in [-0.25, -0.2) is 9.89 Å². The Morgan fingerprint density at radius 3 is 3.12 bits per heavy atom. The molecule has 0 saturated heterocycles. The van der Waals surface area contributed by atoms with Crippen LogP contribution in [0, 0.1) is 0 Å². The van der Waals surface area contributed by atoms with Gasteiger partial charge in [0, 0.05) is 18.0 Å². The van der Waals surface area contributed by atoms with Gasteiger partial charge in [0.05, 0.1) is 0 Å². The number of hydrogen-bond acceptors (Lipinski definition) is 2. The minimum Gasteiger partial charge on any atom is -0.278 e. The normalized spacial score (nSPS) is 14.1. The molecule has 1 aromatic carbocycles. The number of benzene rings is 1. The van der Waals surface area contributed by atoms with Crippen LogP contribution in [-0.4, -0.2) is 14.8 Å². The van der Waals surface area contributed by atoms with Crippen molar-refractivity contribution in [2.45, 2.75) is 19.4 Å². The molecule has 0 fully saturated rings. The number of halogens is 1. The molecule has 2 heterocycles. The van der Waals surface area contributed by atoms with E-state index in [0.29, 0.717) is 13.0 Å². The van der Waals surface area contributed by atoms with Crippen molar-refractivity contribution < 1.29 is 0 Å². The molecule has 1 aliphatic heterocycles. The fraction of sp³-hybridized carbons (Fsp3) is 0.273. The topological polar surface area (TPSA) is 50.7 Å². The molecule has 0 saturated carbocycles. The summed E-state index contributed by atoms with van der Waals surface area (Å²) in [6.07, 6.45) is 1.51. The third kappa shape index (κ3) is 1.46. The average Bonchev–Trinajstić information content (AvgIpc) is 2.51. The maximum Gasteiger partial charge on any atom is 0.343 e. The first kappa shape index (κ1) is 9.66. The minimum absolute atomic E-state index is 0.131. The number of aryl methyl sites for hydroxylation is 1. The molecule has 82 valence electrons. The van der Waals surface area contributed by atoms with Crippen LogP contribution >= 0.6 is 11.6 Å². The van der Waals surface area contributed by atoms with Crippen LogP contribution in [0.15, 0.2) is 23.0 Å². The molecular weight excluding hydrogens is 226 g/mol. The summed E-state index contributed by atoms with van der Waals surface area (Å²) in [4.78, 5) is 11.5. The van der Waals surface area contributed by atoms with E-state index in [-0.39, 0.29) is 5.69 Å². The lowest BCUT2D eigenvalue weighted by Crippen LogP contribution is -2.18. The monoisotopic (exact) mass is 235 g/mol. The van der Waals surface area contributed by atoms with E-state index >= 15 is 0 Å². The Balaban J connectivity index is 2.13. The third-order valence-electron chi connectivity index (χ3n) is 2.96. The SMILES string of the molecule is O=c1[nH]nc2n1CCc1ccc(Cl)cc1C2. The number of hydrogen-bond donors (Lipinski definition) is 1. The van der Waals surface area contributed by atoms with Gasteiger partial charge in [-0.15, -0.1) is 0 Å². The van der Waals surface area contributed by atoms with Crippen molar-refractivity contribution in [1.29, 1.82) is 0 Å². The summed E-state index contributed by atoms with van der Waals surface area (Å²) in [5.74, 6) is 0.783. The van der Waals surface area contributed by atoms with E-state index in [0.717, 1.165) is 22.8 Å². The average molecular weight is 236 g/mol. The maximum absolute atomic E-state index is 11.5. The van der Waals surface area contributed by atoms with Gasteiger partial charge in [0.2, 0.25) is 0 Å². The molecular formula is C11H10ClN3O. The number of H-pyrrole nitrogens is 1. The first-order valence-electron chi connectivity index (χ1n) is 5.15. The molecule has 0 amide bonds. The summed E-state index contributed by atoms with van der Waals surface area (Å²) >= 11 is 5.97. The van der Waals surface area contributed by atoms with Gasteiger partial charge in [0.25, 0.3) is 0 Å². The number of aromatic amines is 1. The molecule has 5 heteroatoms. The molecule has 0 spiro atoms. The Hall–Kier alpha value is -1.55. The smallest absolute Gasteiger partial charge is 0.278 e. The molecule has 0 bridgehead atoms. The summed E-state index contributed by atoms with van der Waals surface area (Å²) in [6, 6.07) is 5.86. The highest BCUT2D eigenvalue weighted by atomic mass is 35.5. The number of rotatable bonds is 0. The molecule has 1 aliphatic rings. The van der Waals surface area contributed by atoms with Crippen LogP contribution in [0.2, 0.25) is 5.02 Å². The van der Waals surface area contributed by atoms with Crippen molar-refractivity contribution >= 4 is 11.6 Å². The number of fused-ring (bicyclic) bond motifs is 2. The van der Waals surface area contributed by atoms with E-state index in [9.17, 15) is 4.79 Å². The van der Waals surface area contributed by atoms with Gasteiger partial charge in [-0.1, -0.05) is 17.7 Å². The second kappa shape index (κ2) is 3.49. The molecule has 3 rings (SSSR count). The Kier molecular flexibility index (Phi) is 2.11. The predicted molar refractivity (Wildman–Crippen MR) is 60.8 cm³/mol. The molecule has 0 aliphatic carbocycles. The first-order valence-corrected chi connectivity index (χ1v) is 5.53. The van der Waals surface area contributed by atoms with Crippen LogP contribution in [0.3, 0.4) is 0 Å². The van der Waals surface area contributed by atoms with Gasteiger partial charge < -0.3 is 0 Å². The Morgan fingerprint density at radius 1 is 1.38 bits per heavy atom. The van der Waals surface area contributed by atoms with Crippen molar-refractivity contribution in [3.63, 3.8) is 0 Å². The van der Waals surface area contributed by atoms with Crippen LogP contribution in [0.5, 0.6) is 0 Å². The fourth-order valence-electron chi connectivity index (χ4n) is 2.12. The van der Waals surface area contributed by atoms with Gasteiger partial charge in [0.1, 0.15) is 5.82 Å². The van der Waals surface area contributed by atoms with Crippen molar-refractivity contribution in [2.75, 3.05) is 0 Å². The van der Waals surface area contributed by atoms with Crippen LogP contribution in [0.25, 0.3) is 0 Å². The highest BCUT2D eigenvalue weighted by Gasteiger charge is 2.16. The van der Waals surface area contributed by atoms with E-state index in [1.807, 2.05) is 18.2 Å². The standard InChI is InChI=1S/C11H10ClN3O/c12-9-2-1-7-3-4-15-10(6-8(7)5-9)13-14-11(15)16/h1-2,5H,3-4,6H2,(H,14,16). The minimum atomic E-state index is -0.131. The fourth-order valence-corrected chi connectivity index (χ4v) is 2.32. The molecule has 0 atom stereocenters. The van der Waals surface area contributed by atoms with Crippen molar-refractivity contribution in [1.82, 2.24) is 14.8 Å². The van der Waals surface area contributed by atoms with Crippen molar-refractivity contribution in [3.8, 4) is 0 Å². The van der Waals surface area contributed by atoms with Crippen molar-refractivity contribution in [2.24, 2.45) is 0 Å². The van der Waals surface area contributed by atoms with E-state index in [4.69, 9.17) is 11.6 Å². The van der Waals surface area contributed by atoms with Crippen LogP contribution in [-0.2, 0) is 19.4 Å². The van der Waals surface area contributed by atoms with Gasteiger partial charge >= 0.3 is 5.69 Å². The Labute approximate surface area is 96.9 Å². The van der Waals surface area contributed by atoms with Gasteiger partial charge in [-0.05, 0) is 29.7 Å². The molecule has 0 unspecified atom stereocenters. The van der Waals surface area contributed by atoms with Gasteiger partial charge in [-0.3, -0.25) is 4.57 Å². The Morgan fingerprint density at radius 2 is 2.25 bits per heavy atom. The number of aromatic nitrogens is 3. The lowest BCUT2D eigenvalue weighted by atomic mass is 10.0.